The van der Waals surface area contributed by atoms with E-state index in [1.54, 1.807) is 0 Å². The molecule has 0 saturated carbocycles. The highest BCUT2D eigenvalue weighted by Crippen LogP contribution is 2.18. The second-order valence-electron chi connectivity index (χ2n) is 5.89. The summed E-state index contributed by atoms with van der Waals surface area (Å²) >= 11 is 0. The number of carbonyl (C=O) groups is 2. The van der Waals surface area contributed by atoms with E-state index in [0.717, 1.165) is 16.5 Å². The summed E-state index contributed by atoms with van der Waals surface area (Å²) in [4.78, 5) is 24.8. The van der Waals surface area contributed by atoms with E-state index in [4.69, 9.17) is 4.74 Å². The molecule has 0 radical (unpaired) electrons. The molecule has 1 amide bonds. The van der Waals surface area contributed by atoms with Crippen LogP contribution in [0.3, 0.4) is 0 Å². The van der Waals surface area contributed by atoms with E-state index >= 15 is 0 Å². The Bertz CT molecular complexity index is 900. The summed E-state index contributed by atoms with van der Waals surface area (Å²) < 4.78 is 6.67. The van der Waals surface area contributed by atoms with Crippen molar-refractivity contribution >= 4 is 22.8 Å². The molecule has 1 heterocycles. The number of para-hydroxylation sites is 1. The van der Waals surface area contributed by atoms with Crippen molar-refractivity contribution in [2.75, 3.05) is 7.11 Å². The first-order valence-electron chi connectivity index (χ1n) is 8.07. The highest BCUT2D eigenvalue weighted by Gasteiger charge is 2.24. The molecule has 0 bridgehead atoms. The lowest BCUT2D eigenvalue weighted by Gasteiger charge is -2.17. The maximum Gasteiger partial charge on any atom is 0.328 e. The zero-order valence-electron chi connectivity index (χ0n) is 14.2. The van der Waals surface area contributed by atoms with Gasteiger partial charge in [-0.25, -0.2) is 4.79 Å². The van der Waals surface area contributed by atoms with Crippen LogP contribution in [0.1, 0.15) is 16.1 Å². The standard InChI is InChI=1S/C20H20N2O3/c1-22-17-11-7-6-10-15(17)13-18(22)19(23)21-16(20(24)25-2)12-14-8-4-3-5-9-14/h3-11,13,16H,12H2,1-2H3,(H,21,23)/t16-/m0/s1. The number of methoxy groups -OCH3 is 1. The number of aromatic nitrogens is 1. The van der Waals surface area contributed by atoms with Gasteiger partial charge in [-0.2, -0.15) is 0 Å². The molecule has 0 fully saturated rings. The Morgan fingerprint density at radius 3 is 2.44 bits per heavy atom. The normalized spacial score (nSPS) is 11.9. The van der Waals surface area contributed by atoms with Crippen LogP contribution >= 0.6 is 0 Å². The van der Waals surface area contributed by atoms with E-state index in [9.17, 15) is 9.59 Å². The predicted molar refractivity (Wildman–Crippen MR) is 96.3 cm³/mol. The van der Waals surface area contributed by atoms with Crippen LogP contribution in [0.2, 0.25) is 0 Å². The third-order valence-corrected chi connectivity index (χ3v) is 4.26. The minimum absolute atomic E-state index is 0.301. The molecule has 1 atom stereocenters. The predicted octanol–water partition coefficient (Wildman–Crippen LogP) is 2.69. The number of rotatable bonds is 5. The number of hydrogen-bond donors (Lipinski definition) is 1. The van der Waals surface area contributed by atoms with Gasteiger partial charge >= 0.3 is 5.97 Å². The van der Waals surface area contributed by atoms with Crippen LogP contribution in [0.25, 0.3) is 10.9 Å². The average Bonchev–Trinajstić information content (AvgIpc) is 2.98. The molecule has 25 heavy (non-hydrogen) atoms. The fourth-order valence-electron chi connectivity index (χ4n) is 2.92. The lowest BCUT2D eigenvalue weighted by molar-refractivity contribution is -0.142. The van der Waals surface area contributed by atoms with Gasteiger partial charge in [0.25, 0.3) is 5.91 Å². The molecule has 0 saturated heterocycles. The maximum absolute atomic E-state index is 12.7. The monoisotopic (exact) mass is 336 g/mol. The Morgan fingerprint density at radius 2 is 1.76 bits per heavy atom. The van der Waals surface area contributed by atoms with E-state index in [2.05, 4.69) is 5.32 Å². The number of nitrogens with one attached hydrogen (secondary N) is 1. The van der Waals surface area contributed by atoms with Gasteiger partial charge in [0.2, 0.25) is 0 Å². The SMILES string of the molecule is COC(=O)[C@H](Cc1ccccc1)NC(=O)c1cc2ccccc2n1C. The van der Waals surface area contributed by atoms with Crippen LogP contribution in [0.4, 0.5) is 0 Å². The molecule has 0 spiro atoms. The number of fused-ring (bicyclic) bond motifs is 1. The van der Waals surface area contributed by atoms with Gasteiger partial charge in [0.15, 0.2) is 0 Å². The highest BCUT2D eigenvalue weighted by atomic mass is 16.5. The molecular weight excluding hydrogens is 316 g/mol. The fourth-order valence-corrected chi connectivity index (χ4v) is 2.92. The van der Waals surface area contributed by atoms with Gasteiger partial charge < -0.3 is 14.6 Å². The molecule has 3 rings (SSSR count). The van der Waals surface area contributed by atoms with Crippen LogP contribution in [0.15, 0.2) is 60.7 Å². The summed E-state index contributed by atoms with van der Waals surface area (Å²) in [5.74, 6) is -0.763. The lowest BCUT2D eigenvalue weighted by atomic mass is 10.1. The zero-order valence-corrected chi connectivity index (χ0v) is 14.2. The molecule has 0 unspecified atom stereocenters. The second-order valence-corrected chi connectivity index (χ2v) is 5.89. The quantitative estimate of drug-likeness (QED) is 0.729. The number of esters is 1. The summed E-state index contributed by atoms with van der Waals surface area (Å²) in [7, 11) is 3.16. The van der Waals surface area contributed by atoms with Crippen molar-refractivity contribution in [3.8, 4) is 0 Å². The zero-order chi connectivity index (χ0) is 17.8. The summed E-state index contributed by atoms with van der Waals surface area (Å²) in [6.45, 7) is 0. The lowest BCUT2D eigenvalue weighted by Crippen LogP contribution is -2.43. The first-order chi connectivity index (χ1) is 12.1. The average molecular weight is 336 g/mol. The van der Waals surface area contributed by atoms with Crippen molar-refractivity contribution in [2.45, 2.75) is 12.5 Å². The Labute approximate surface area is 146 Å². The summed E-state index contributed by atoms with van der Waals surface area (Å²) in [5.41, 5.74) is 2.42. The van der Waals surface area contributed by atoms with Crippen LogP contribution in [0, 0.1) is 0 Å². The molecule has 0 aliphatic carbocycles. The summed E-state index contributed by atoms with van der Waals surface area (Å²) in [6.07, 6.45) is 0.378. The smallest absolute Gasteiger partial charge is 0.328 e. The topological polar surface area (TPSA) is 60.3 Å². The molecule has 0 aliphatic rings. The van der Waals surface area contributed by atoms with Gasteiger partial charge in [-0.1, -0.05) is 48.5 Å². The van der Waals surface area contributed by atoms with E-state index in [1.807, 2.05) is 72.3 Å². The Hall–Kier alpha value is -3.08. The fraction of sp³-hybridized carbons (Fsp3) is 0.200. The molecular formula is C20H20N2O3. The number of ether oxygens (including phenoxy) is 1. The van der Waals surface area contributed by atoms with Gasteiger partial charge in [0, 0.05) is 24.4 Å². The van der Waals surface area contributed by atoms with Gasteiger partial charge in [-0.3, -0.25) is 4.79 Å². The van der Waals surface area contributed by atoms with Crippen molar-refractivity contribution in [3.63, 3.8) is 0 Å². The van der Waals surface area contributed by atoms with E-state index in [0.29, 0.717) is 12.1 Å². The van der Waals surface area contributed by atoms with Crippen molar-refractivity contribution in [1.82, 2.24) is 9.88 Å². The highest BCUT2D eigenvalue weighted by molar-refractivity contribution is 6.00. The molecule has 1 aromatic heterocycles. The van der Waals surface area contributed by atoms with Crippen molar-refractivity contribution in [1.29, 1.82) is 0 Å². The van der Waals surface area contributed by atoms with Gasteiger partial charge in [0.05, 0.1) is 7.11 Å². The molecule has 3 aromatic rings. The number of benzene rings is 2. The third kappa shape index (κ3) is 3.55. The van der Waals surface area contributed by atoms with Crippen molar-refractivity contribution in [2.24, 2.45) is 7.05 Å². The van der Waals surface area contributed by atoms with E-state index in [1.165, 1.54) is 7.11 Å². The number of carbonyl (C=O) groups excluding carboxylic acids is 2. The number of amides is 1. The van der Waals surface area contributed by atoms with Crippen molar-refractivity contribution in [3.05, 3.63) is 71.9 Å². The van der Waals surface area contributed by atoms with Crippen LogP contribution < -0.4 is 5.32 Å². The molecule has 128 valence electrons. The molecule has 0 aliphatic heterocycles. The van der Waals surface area contributed by atoms with Crippen LogP contribution in [-0.2, 0) is 23.0 Å². The molecule has 2 aromatic carbocycles. The first kappa shape index (κ1) is 16.8. The molecule has 5 heteroatoms. The Morgan fingerprint density at radius 1 is 1.08 bits per heavy atom. The largest absolute Gasteiger partial charge is 0.467 e. The number of hydrogen-bond acceptors (Lipinski definition) is 3. The third-order valence-electron chi connectivity index (χ3n) is 4.26. The summed E-state index contributed by atoms with van der Waals surface area (Å²) in [5, 5.41) is 3.78. The van der Waals surface area contributed by atoms with Crippen LogP contribution in [0.5, 0.6) is 0 Å². The van der Waals surface area contributed by atoms with E-state index < -0.39 is 12.0 Å². The van der Waals surface area contributed by atoms with E-state index in [-0.39, 0.29) is 5.91 Å². The second kappa shape index (κ2) is 7.21. The van der Waals surface area contributed by atoms with Gasteiger partial charge in [0.1, 0.15) is 11.7 Å². The number of aryl methyl sites for hydroxylation is 1. The van der Waals surface area contributed by atoms with Gasteiger partial charge in [-0.05, 0) is 17.7 Å². The minimum atomic E-state index is -0.738. The molecule has 5 nitrogen and oxygen atoms in total. The summed E-state index contributed by atoms with van der Waals surface area (Å²) in [6, 6.07) is 18.4. The van der Waals surface area contributed by atoms with Crippen molar-refractivity contribution < 1.29 is 14.3 Å². The van der Waals surface area contributed by atoms with Crippen LogP contribution in [-0.4, -0.2) is 29.6 Å². The maximum atomic E-state index is 12.7. The first-order valence-corrected chi connectivity index (χ1v) is 8.07. The Balaban J connectivity index is 1.84. The Kier molecular flexibility index (Phi) is 4.84. The molecule has 1 N–H and O–H groups in total. The minimum Gasteiger partial charge on any atom is -0.467 e. The number of nitrogens with zero attached hydrogens (tertiary/aromatic N) is 1. The van der Waals surface area contributed by atoms with Gasteiger partial charge in [-0.15, -0.1) is 0 Å².